The van der Waals surface area contributed by atoms with E-state index in [1.807, 2.05) is 37.3 Å². The number of hydrogen-bond donors (Lipinski definition) is 0. The van der Waals surface area contributed by atoms with Crippen molar-refractivity contribution in [3.05, 3.63) is 47.5 Å². The SMILES string of the molecule is C/C=C\Cc1ccccc1C(=O)OC. The zero-order valence-electron chi connectivity index (χ0n) is 8.49. The number of hydrogen-bond acceptors (Lipinski definition) is 2. The van der Waals surface area contributed by atoms with Gasteiger partial charge in [0, 0.05) is 0 Å². The average molecular weight is 190 g/mol. The summed E-state index contributed by atoms with van der Waals surface area (Å²) in [4.78, 5) is 11.4. The summed E-state index contributed by atoms with van der Waals surface area (Å²) in [5.41, 5.74) is 1.64. The second-order valence-electron chi connectivity index (χ2n) is 2.92. The van der Waals surface area contributed by atoms with Crippen LogP contribution in [0.15, 0.2) is 36.4 Å². The van der Waals surface area contributed by atoms with Gasteiger partial charge in [0.15, 0.2) is 0 Å². The number of methoxy groups -OCH3 is 1. The molecule has 1 aromatic carbocycles. The minimum Gasteiger partial charge on any atom is -0.465 e. The molecule has 0 fully saturated rings. The summed E-state index contributed by atoms with van der Waals surface area (Å²) in [6, 6.07) is 7.48. The van der Waals surface area contributed by atoms with Crippen LogP contribution in [-0.2, 0) is 11.2 Å². The molecule has 0 atom stereocenters. The molecule has 0 aromatic heterocycles. The minimum absolute atomic E-state index is 0.273. The van der Waals surface area contributed by atoms with E-state index in [0.29, 0.717) is 5.56 Å². The number of esters is 1. The van der Waals surface area contributed by atoms with Crippen LogP contribution in [-0.4, -0.2) is 13.1 Å². The van der Waals surface area contributed by atoms with E-state index >= 15 is 0 Å². The molecule has 0 bridgehead atoms. The summed E-state index contributed by atoms with van der Waals surface area (Å²) < 4.78 is 4.69. The van der Waals surface area contributed by atoms with Gasteiger partial charge >= 0.3 is 5.97 Å². The molecule has 0 saturated heterocycles. The van der Waals surface area contributed by atoms with Crippen molar-refractivity contribution in [3.63, 3.8) is 0 Å². The van der Waals surface area contributed by atoms with E-state index < -0.39 is 0 Å². The van der Waals surface area contributed by atoms with Gasteiger partial charge in [0.05, 0.1) is 12.7 Å². The summed E-state index contributed by atoms with van der Waals surface area (Å²) in [7, 11) is 1.40. The monoisotopic (exact) mass is 190 g/mol. The van der Waals surface area contributed by atoms with Crippen LogP contribution in [0.25, 0.3) is 0 Å². The van der Waals surface area contributed by atoms with Gasteiger partial charge in [-0.15, -0.1) is 0 Å². The fourth-order valence-corrected chi connectivity index (χ4v) is 1.25. The Morgan fingerprint density at radius 3 is 2.79 bits per heavy atom. The molecule has 0 heterocycles. The van der Waals surface area contributed by atoms with E-state index in [9.17, 15) is 4.79 Å². The predicted molar refractivity (Wildman–Crippen MR) is 56.3 cm³/mol. The molecule has 0 aliphatic carbocycles. The first kappa shape index (κ1) is 10.5. The van der Waals surface area contributed by atoms with Crippen LogP contribution in [0.1, 0.15) is 22.8 Å². The quantitative estimate of drug-likeness (QED) is 0.541. The minimum atomic E-state index is -0.273. The van der Waals surface area contributed by atoms with Crippen LogP contribution < -0.4 is 0 Å². The van der Waals surface area contributed by atoms with Crippen molar-refractivity contribution >= 4 is 5.97 Å². The van der Waals surface area contributed by atoms with E-state index in [4.69, 9.17) is 4.74 Å². The van der Waals surface area contributed by atoms with Gasteiger partial charge in [-0.25, -0.2) is 4.79 Å². The number of benzene rings is 1. The molecule has 0 saturated carbocycles. The molecule has 74 valence electrons. The number of carbonyl (C=O) groups is 1. The zero-order chi connectivity index (χ0) is 10.4. The highest BCUT2D eigenvalue weighted by Gasteiger charge is 2.08. The molecule has 0 N–H and O–H groups in total. The van der Waals surface area contributed by atoms with E-state index in [1.165, 1.54) is 7.11 Å². The summed E-state index contributed by atoms with van der Waals surface area (Å²) in [6.45, 7) is 1.96. The molecule has 0 radical (unpaired) electrons. The summed E-state index contributed by atoms with van der Waals surface area (Å²) in [5, 5.41) is 0. The van der Waals surface area contributed by atoms with Gasteiger partial charge in [0.25, 0.3) is 0 Å². The summed E-state index contributed by atoms with van der Waals surface area (Å²) in [6.07, 6.45) is 4.75. The first-order valence-corrected chi connectivity index (χ1v) is 4.57. The highest BCUT2D eigenvalue weighted by molar-refractivity contribution is 5.91. The third kappa shape index (κ3) is 2.46. The third-order valence-corrected chi connectivity index (χ3v) is 2.00. The largest absolute Gasteiger partial charge is 0.465 e. The van der Waals surface area contributed by atoms with Gasteiger partial charge in [0.1, 0.15) is 0 Å². The van der Waals surface area contributed by atoms with Gasteiger partial charge in [-0.2, -0.15) is 0 Å². The van der Waals surface area contributed by atoms with Gasteiger partial charge in [-0.05, 0) is 25.0 Å². The van der Waals surface area contributed by atoms with E-state index in [2.05, 4.69) is 0 Å². The van der Waals surface area contributed by atoms with Crippen molar-refractivity contribution in [1.82, 2.24) is 0 Å². The topological polar surface area (TPSA) is 26.3 Å². The lowest BCUT2D eigenvalue weighted by Crippen LogP contribution is -2.04. The van der Waals surface area contributed by atoms with Crippen molar-refractivity contribution in [2.75, 3.05) is 7.11 Å². The molecule has 0 spiro atoms. The predicted octanol–water partition coefficient (Wildman–Crippen LogP) is 2.59. The van der Waals surface area contributed by atoms with Crippen LogP contribution in [0.4, 0.5) is 0 Å². The number of carbonyl (C=O) groups excluding carboxylic acids is 1. The van der Waals surface area contributed by atoms with Gasteiger partial charge in [-0.1, -0.05) is 30.4 Å². The lowest BCUT2D eigenvalue weighted by atomic mass is 10.0. The summed E-state index contributed by atoms with van der Waals surface area (Å²) in [5.74, 6) is -0.273. The normalized spacial score (nSPS) is 10.4. The Hall–Kier alpha value is -1.57. The number of rotatable bonds is 3. The molecule has 14 heavy (non-hydrogen) atoms. The summed E-state index contributed by atoms with van der Waals surface area (Å²) >= 11 is 0. The maximum absolute atomic E-state index is 11.4. The third-order valence-electron chi connectivity index (χ3n) is 2.00. The molecular weight excluding hydrogens is 176 g/mol. The Kier molecular flexibility index (Phi) is 3.92. The van der Waals surface area contributed by atoms with Crippen molar-refractivity contribution in [2.24, 2.45) is 0 Å². The fourth-order valence-electron chi connectivity index (χ4n) is 1.25. The maximum Gasteiger partial charge on any atom is 0.338 e. The average Bonchev–Trinajstić information content (AvgIpc) is 2.25. The molecule has 0 amide bonds. The standard InChI is InChI=1S/C12H14O2/c1-3-4-7-10-8-5-6-9-11(10)12(13)14-2/h3-6,8-9H,7H2,1-2H3/b4-3-. The Morgan fingerprint density at radius 1 is 1.43 bits per heavy atom. The van der Waals surface area contributed by atoms with Crippen LogP contribution in [0.5, 0.6) is 0 Å². The molecule has 1 rings (SSSR count). The van der Waals surface area contributed by atoms with E-state index in [-0.39, 0.29) is 5.97 Å². The number of ether oxygens (including phenoxy) is 1. The van der Waals surface area contributed by atoms with Gasteiger partial charge < -0.3 is 4.74 Å². The maximum atomic E-state index is 11.4. The lowest BCUT2D eigenvalue weighted by Gasteiger charge is -2.04. The molecule has 0 unspecified atom stereocenters. The highest BCUT2D eigenvalue weighted by Crippen LogP contribution is 2.11. The Bertz CT molecular complexity index is 340. The lowest BCUT2D eigenvalue weighted by molar-refractivity contribution is 0.0599. The van der Waals surface area contributed by atoms with Crippen molar-refractivity contribution in [3.8, 4) is 0 Å². The fraction of sp³-hybridized carbons (Fsp3) is 0.250. The molecule has 0 aliphatic rings. The van der Waals surface area contributed by atoms with Crippen LogP contribution >= 0.6 is 0 Å². The first-order chi connectivity index (χ1) is 6.79. The molecule has 2 nitrogen and oxygen atoms in total. The highest BCUT2D eigenvalue weighted by atomic mass is 16.5. The smallest absolute Gasteiger partial charge is 0.338 e. The van der Waals surface area contributed by atoms with E-state index in [0.717, 1.165) is 12.0 Å². The molecule has 0 aliphatic heterocycles. The van der Waals surface area contributed by atoms with Crippen LogP contribution in [0.2, 0.25) is 0 Å². The van der Waals surface area contributed by atoms with Crippen LogP contribution in [0, 0.1) is 0 Å². The van der Waals surface area contributed by atoms with Crippen molar-refractivity contribution in [2.45, 2.75) is 13.3 Å². The first-order valence-electron chi connectivity index (χ1n) is 4.57. The van der Waals surface area contributed by atoms with Crippen molar-refractivity contribution in [1.29, 1.82) is 0 Å². The molecule has 1 aromatic rings. The Morgan fingerprint density at radius 2 is 2.14 bits per heavy atom. The second kappa shape index (κ2) is 5.22. The Labute approximate surface area is 84.2 Å². The van der Waals surface area contributed by atoms with E-state index in [1.54, 1.807) is 6.07 Å². The van der Waals surface area contributed by atoms with Crippen molar-refractivity contribution < 1.29 is 9.53 Å². The molecule has 2 heteroatoms. The van der Waals surface area contributed by atoms with Gasteiger partial charge in [0.2, 0.25) is 0 Å². The Balaban J connectivity index is 2.96. The van der Waals surface area contributed by atoms with Crippen LogP contribution in [0.3, 0.4) is 0 Å². The number of allylic oxidation sites excluding steroid dienone is 2. The molecular formula is C12H14O2. The zero-order valence-corrected chi connectivity index (χ0v) is 8.49. The second-order valence-corrected chi connectivity index (χ2v) is 2.92. The van der Waals surface area contributed by atoms with Gasteiger partial charge in [-0.3, -0.25) is 0 Å².